The molecule has 2 heterocycles. The zero-order valence-electron chi connectivity index (χ0n) is 6.11. The van der Waals surface area contributed by atoms with Crippen LogP contribution in [0.25, 0.3) is 0 Å². The van der Waals surface area contributed by atoms with Crippen LogP contribution in [-0.4, -0.2) is 28.7 Å². The van der Waals surface area contributed by atoms with Crippen LogP contribution < -0.4 is 0 Å². The molecular formula is C6H8N2O2S. The van der Waals surface area contributed by atoms with Crippen LogP contribution in [0.1, 0.15) is 5.89 Å². The van der Waals surface area contributed by atoms with Crippen molar-refractivity contribution in [3.8, 4) is 0 Å². The summed E-state index contributed by atoms with van der Waals surface area (Å²) >= 11 is 1.55. The molecule has 1 fully saturated rings. The van der Waals surface area contributed by atoms with Crippen molar-refractivity contribution in [2.45, 2.75) is 18.3 Å². The van der Waals surface area contributed by atoms with Crippen LogP contribution in [0.2, 0.25) is 0 Å². The number of epoxide rings is 1. The molecule has 0 saturated carbocycles. The number of hydrogen-bond donors (Lipinski definition) is 0. The molecule has 1 aliphatic heterocycles. The van der Waals surface area contributed by atoms with Crippen molar-refractivity contribution in [3.05, 3.63) is 5.89 Å². The minimum absolute atomic E-state index is 0.409. The largest absolute Gasteiger partial charge is 0.416 e. The second-order valence-corrected chi connectivity index (χ2v) is 3.32. The maximum Gasteiger partial charge on any atom is 0.276 e. The third-order valence-corrected chi connectivity index (χ3v) is 2.25. The highest BCUT2D eigenvalue weighted by Crippen LogP contribution is 2.22. The molecule has 4 nitrogen and oxygen atoms in total. The SMILES string of the molecule is Cc1nnc(SCC2CO2)o1. The van der Waals surface area contributed by atoms with E-state index in [0.29, 0.717) is 17.2 Å². The molecule has 1 aromatic rings. The van der Waals surface area contributed by atoms with E-state index in [1.807, 2.05) is 0 Å². The smallest absolute Gasteiger partial charge is 0.276 e. The van der Waals surface area contributed by atoms with Gasteiger partial charge in [0.2, 0.25) is 5.89 Å². The summed E-state index contributed by atoms with van der Waals surface area (Å²) in [6.45, 7) is 2.66. The van der Waals surface area contributed by atoms with E-state index in [1.54, 1.807) is 18.7 Å². The number of aromatic nitrogens is 2. The zero-order valence-corrected chi connectivity index (χ0v) is 6.93. The third kappa shape index (κ3) is 1.94. The van der Waals surface area contributed by atoms with Crippen LogP contribution in [0.3, 0.4) is 0 Å². The summed E-state index contributed by atoms with van der Waals surface area (Å²) in [5.74, 6) is 1.53. The summed E-state index contributed by atoms with van der Waals surface area (Å²) in [6, 6.07) is 0. The highest BCUT2D eigenvalue weighted by Gasteiger charge is 2.23. The molecule has 0 N–H and O–H groups in total. The van der Waals surface area contributed by atoms with Gasteiger partial charge < -0.3 is 9.15 Å². The lowest BCUT2D eigenvalue weighted by molar-refractivity contribution is 0.418. The van der Waals surface area contributed by atoms with E-state index in [1.165, 1.54) is 0 Å². The number of nitrogens with zero attached hydrogens (tertiary/aromatic N) is 2. The molecule has 0 aromatic carbocycles. The molecule has 1 atom stereocenters. The number of ether oxygens (including phenoxy) is 1. The molecule has 0 bridgehead atoms. The number of hydrogen-bond acceptors (Lipinski definition) is 5. The minimum atomic E-state index is 0.409. The first kappa shape index (κ1) is 7.12. The topological polar surface area (TPSA) is 51.5 Å². The van der Waals surface area contributed by atoms with Gasteiger partial charge in [-0.2, -0.15) is 0 Å². The van der Waals surface area contributed by atoms with Gasteiger partial charge in [-0.05, 0) is 0 Å². The standard InChI is InChI=1S/C6H8N2O2S/c1-4-7-8-6(10-4)11-3-5-2-9-5/h5H,2-3H2,1H3. The van der Waals surface area contributed by atoms with Crippen LogP contribution >= 0.6 is 11.8 Å². The minimum Gasteiger partial charge on any atom is -0.416 e. The highest BCUT2D eigenvalue weighted by molar-refractivity contribution is 7.99. The predicted molar refractivity (Wildman–Crippen MR) is 39.5 cm³/mol. The Morgan fingerprint density at radius 2 is 2.45 bits per heavy atom. The van der Waals surface area contributed by atoms with E-state index in [4.69, 9.17) is 9.15 Å². The maximum atomic E-state index is 5.15. The van der Waals surface area contributed by atoms with E-state index < -0.39 is 0 Å². The highest BCUT2D eigenvalue weighted by atomic mass is 32.2. The number of rotatable bonds is 3. The molecule has 1 aromatic heterocycles. The van der Waals surface area contributed by atoms with Crippen LogP contribution in [0.5, 0.6) is 0 Å². The first-order chi connectivity index (χ1) is 5.34. The van der Waals surface area contributed by atoms with Gasteiger partial charge >= 0.3 is 0 Å². The molecule has 0 amide bonds. The second-order valence-electron chi connectivity index (χ2n) is 2.35. The zero-order chi connectivity index (χ0) is 7.68. The summed E-state index contributed by atoms with van der Waals surface area (Å²) in [7, 11) is 0. The van der Waals surface area contributed by atoms with Gasteiger partial charge in [-0.1, -0.05) is 11.8 Å². The second kappa shape index (κ2) is 2.83. The summed E-state index contributed by atoms with van der Waals surface area (Å²) in [5, 5.41) is 8.18. The van der Waals surface area contributed by atoms with Gasteiger partial charge in [0.05, 0.1) is 12.7 Å². The van der Waals surface area contributed by atoms with E-state index in [9.17, 15) is 0 Å². The Hall–Kier alpha value is -0.550. The molecule has 1 saturated heterocycles. The predicted octanol–water partition coefficient (Wildman–Crippen LogP) is 0.869. The molecule has 1 unspecified atom stereocenters. The number of thioether (sulfide) groups is 1. The quantitative estimate of drug-likeness (QED) is 0.500. The van der Waals surface area contributed by atoms with E-state index >= 15 is 0 Å². The van der Waals surface area contributed by atoms with Gasteiger partial charge in [0.25, 0.3) is 5.22 Å². The molecule has 0 radical (unpaired) electrons. The Morgan fingerprint density at radius 3 is 3.00 bits per heavy atom. The van der Waals surface area contributed by atoms with Crippen molar-refractivity contribution in [2.24, 2.45) is 0 Å². The number of aryl methyl sites for hydroxylation is 1. The molecule has 1 aliphatic rings. The molecule has 60 valence electrons. The van der Waals surface area contributed by atoms with E-state index in [0.717, 1.165) is 12.4 Å². The molecule has 0 aliphatic carbocycles. The molecule has 0 spiro atoms. The van der Waals surface area contributed by atoms with Crippen molar-refractivity contribution >= 4 is 11.8 Å². The monoisotopic (exact) mass is 172 g/mol. The fourth-order valence-corrected chi connectivity index (χ4v) is 1.46. The van der Waals surface area contributed by atoms with Crippen molar-refractivity contribution in [1.29, 1.82) is 0 Å². The lowest BCUT2D eigenvalue weighted by Crippen LogP contribution is -1.87. The van der Waals surface area contributed by atoms with Crippen LogP contribution in [0, 0.1) is 6.92 Å². The molecular weight excluding hydrogens is 164 g/mol. The average Bonchev–Trinajstić information content (AvgIpc) is 2.72. The Kier molecular flexibility index (Phi) is 1.83. The van der Waals surface area contributed by atoms with Crippen LogP contribution in [0.15, 0.2) is 9.64 Å². The summed E-state index contributed by atoms with van der Waals surface area (Å²) in [6.07, 6.45) is 0.409. The van der Waals surface area contributed by atoms with Crippen LogP contribution in [-0.2, 0) is 4.74 Å². The van der Waals surface area contributed by atoms with Gasteiger partial charge in [0.1, 0.15) is 0 Å². The van der Waals surface area contributed by atoms with Gasteiger partial charge in [-0.15, -0.1) is 10.2 Å². The maximum absolute atomic E-state index is 5.15. The van der Waals surface area contributed by atoms with Gasteiger partial charge in [0.15, 0.2) is 0 Å². The van der Waals surface area contributed by atoms with Crippen molar-refractivity contribution in [1.82, 2.24) is 10.2 Å². The normalized spacial score (nSPS) is 22.1. The lowest BCUT2D eigenvalue weighted by Gasteiger charge is -1.87. The Labute approximate surface area is 68.3 Å². The molecule has 11 heavy (non-hydrogen) atoms. The van der Waals surface area contributed by atoms with Crippen molar-refractivity contribution < 1.29 is 9.15 Å². The van der Waals surface area contributed by atoms with E-state index in [-0.39, 0.29) is 0 Å². The molecule has 2 rings (SSSR count). The average molecular weight is 172 g/mol. The fourth-order valence-electron chi connectivity index (χ4n) is 0.665. The van der Waals surface area contributed by atoms with E-state index in [2.05, 4.69) is 10.2 Å². The first-order valence-corrected chi connectivity index (χ1v) is 4.37. The summed E-state index contributed by atoms with van der Waals surface area (Å²) < 4.78 is 10.2. The third-order valence-electron chi connectivity index (χ3n) is 1.30. The Bertz CT molecular complexity index is 246. The summed E-state index contributed by atoms with van der Waals surface area (Å²) in [4.78, 5) is 0. The van der Waals surface area contributed by atoms with Gasteiger partial charge in [-0.25, -0.2) is 0 Å². The fraction of sp³-hybridized carbons (Fsp3) is 0.667. The Morgan fingerprint density at radius 1 is 1.64 bits per heavy atom. The van der Waals surface area contributed by atoms with Gasteiger partial charge in [-0.3, -0.25) is 0 Å². The first-order valence-electron chi connectivity index (χ1n) is 3.39. The lowest BCUT2D eigenvalue weighted by atomic mass is 10.6. The van der Waals surface area contributed by atoms with Crippen molar-refractivity contribution in [2.75, 3.05) is 12.4 Å². The van der Waals surface area contributed by atoms with Crippen LogP contribution in [0.4, 0.5) is 0 Å². The van der Waals surface area contributed by atoms with Gasteiger partial charge in [0, 0.05) is 12.7 Å². The Balaban J connectivity index is 1.85. The van der Waals surface area contributed by atoms with Crippen molar-refractivity contribution in [3.63, 3.8) is 0 Å². The summed E-state index contributed by atoms with van der Waals surface area (Å²) in [5.41, 5.74) is 0. The molecule has 5 heteroatoms.